The molecule has 1 unspecified atom stereocenters. The quantitative estimate of drug-likeness (QED) is 0.645. The summed E-state index contributed by atoms with van der Waals surface area (Å²) in [6.07, 6.45) is -4.47. The number of halogens is 3. The largest absolute Gasteiger partial charge is 0.454 e. The molecule has 2 aliphatic rings. The van der Waals surface area contributed by atoms with Crippen LogP contribution in [0.1, 0.15) is 23.1 Å². The molecule has 170 valence electrons. The van der Waals surface area contributed by atoms with Gasteiger partial charge in [0.1, 0.15) is 6.61 Å². The van der Waals surface area contributed by atoms with Gasteiger partial charge in [-0.15, -0.1) is 0 Å². The lowest BCUT2D eigenvalue weighted by Crippen LogP contribution is -2.39. The third-order valence-electron chi connectivity index (χ3n) is 5.11. The standard InChI is InChI=1S/C22H21F3N2O5/c1-29-12-21(28)27(10-14-3-2-4-16(7-14)22(23,24)25)11-17-9-18(26-32-17)15-5-6-19-20(8-15)31-13-30-19/h2-8,17H,9-13H2,1H3. The van der Waals surface area contributed by atoms with E-state index in [2.05, 4.69) is 5.16 Å². The first kappa shape index (κ1) is 21.9. The van der Waals surface area contributed by atoms with E-state index in [9.17, 15) is 18.0 Å². The van der Waals surface area contributed by atoms with Crippen LogP contribution in [-0.4, -0.2) is 49.7 Å². The van der Waals surface area contributed by atoms with E-state index < -0.39 is 17.8 Å². The van der Waals surface area contributed by atoms with Crippen LogP contribution in [0.25, 0.3) is 0 Å². The number of alkyl halides is 3. The highest BCUT2D eigenvalue weighted by Gasteiger charge is 2.31. The number of carbonyl (C=O) groups is 1. The summed E-state index contributed by atoms with van der Waals surface area (Å²) in [5.74, 6) is 0.919. The number of methoxy groups -OCH3 is 1. The lowest BCUT2D eigenvalue weighted by Gasteiger charge is -2.25. The molecule has 2 aromatic carbocycles. The molecule has 0 saturated carbocycles. The summed E-state index contributed by atoms with van der Waals surface area (Å²) in [6.45, 7) is 0.110. The predicted molar refractivity (Wildman–Crippen MR) is 107 cm³/mol. The van der Waals surface area contributed by atoms with Gasteiger partial charge in [0.15, 0.2) is 17.6 Å². The smallest absolute Gasteiger partial charge is 0.416 e. The van der Waals surface area contributed by atoms with Crippen LogP contribution in [0.3, 0.4) is 0 Å². The van der Waals surface area contributed by atoms with Crippen LogP contribution in [0.4, 0.5) is 13.2 Å². The molecule has 0 spiro atoms. The first-order chi connectivity index (χ1) is 15.3. The normalized spacial score (nSPS) is 17.1. The van der Waals surface area contributed by atoms with Gasteiger partial charge in [-0.3, -0.25) is 4.79 Å². The molecule has 0 aromatic heterocycles. The van der Waals surface area contributed by atoms with Crippen LogP contribution >= 0.6 is 0 Å². The van der Waals surface area contributed by atoms with Crippen LogP contribution in [0, 0.1) is 0 Å². The Kier molecular flexibility index (Phi) is 6.22. The highest BCUT2D eigenvalue weighted by Crippen LogP contribution is 2.34. The molecule has 7 nitrogen and oxygen atoms in total. The molecular formula is C22H21F3N2O5. The van der Waals surface area contributed by atoms with E-state index in [1.165, 1.54) is 18.1 Å². The zero-order chi connectivity index (χ0) is 22.7. The van der Waals surface area contributed by atoms with Gasteiger partial charge in [-0.1, -0.05) is 17.3 Å². The van der Waals surface area contributed by atoms with E-state index in [1.54, 1.807) is 12.1 Å². The second-order valence-corrected chi connectivity index (χ2v) is 7.44. The van der Waals surface area contributed by atoms with Crippen molar-refractivity contribution < 1.29 is 37.0 Å². The Balaban J connectivity index is 1.44. The van der Waals surface area contributed by atoms with Crippen molar-refractivity contribution in [1.82, 2.24) is 4.90 Å². The van der Waals surface area contributed by atoms with E-state index in [0.717, 1.165) is 17.7 Å². The minimum absolute atomic E-state index is 0.00860. The van der Waals surface area contributed by atoms with Crippen LogP contribution < -0.4 is 9.47 Å². The van der Waals surface area contributed by atoms with Crippen molar-refractivity contribution in [3.63, 3.8) is 0 Å². The fraction of sp³-hybridized carbons (Fsp3) is 0.364. The monoisotopic (exact) mass is 450 g/mol. The Hall–Kier alpha value is -3.27. The van der Waals surface area contributed by atoms with E-state index in [1.807, 2.05) is 12.1 Å². The van der Waals surface area contributed by atoms with Crippen molar-refractivity contribution in [2.45, 2.75) is 25.2 Å². The Labute approximate surface area is 182 Å². The van der Waals surface area contributed by atoms with E-state index in [-0.39, 0.29) is 32.4 Å². The van der Waals surface area contributed by atoms with Crippen molar-refractivity contribution in [2.75, 3.05) is 27.1 Å². The number of benzene rings is 2. The van der Waals surface area contributed by atoms with E-state index in [0.29, 0.717) is 29.2 Å². The van der Waals surface area contributed by atoms with Crippen LogP contribution in [-0.2, 0) is 27.1 Å². The minimum atomic E-state index is -4.46. The van der Waals surface area contributed by atoms with Crippen LogP contribution in [0.2, 0.25) is 0 Å². The van der Waals surface area contributed by atoms with Gasteiger partial charge >= 0.3 is 6.18 Å². The maximum atomic E-state index is 13.0. The molecule has 2 aromatic rings. The maximum absolute atomic E-state index is 13.0. The fourth-order valence-electron chi connectivity index (χ4n) is 3.55. The number of hydrogen-bond donors (Lipinski definition) is 0. The van der Waals surface area contributed by atoms with Crippen molar-refractivity contribution in [3.05, 3.63) is 59.2 Å². The average molecular weight is 450 g/mol. The van der Waals surface area contributed by atoms with Crippen molar-refractivity contribution in [2.24, 2.45) is 5.16 Å². The molecular weight excluding hydrogens is 429 g/mol. The Morgan fingerprint density at radius 1 is 1.19 bits per heavy atom. The fourth-order valence-corrected chi connectivity index (χ4v) is 3.55. The lowest BCUT2D eigenvalue weighted by atomic mass is 10.0. The van der Waals surface area contributed by atoms with Gasteiger partial charge < -0.3 is 23.9 Å². The number of ether oxygens (including phenoxy) is 3. The minimum Gasteiger partial charge on any atom is -0.454 e. The maximum Gasteiger partial charge on any atom is 0.416 e. The summed E-state index contributed by atoms with van der Waals surface area (Å²) >= 11 is 0. The van der Waals surface area contributed by atoms with Gasteiger partial charge in [0, 0.05) is 25.6 Å². The van der Waals surface area contributed by atoms with Gasteiger partial charge in [-0.25, -0.2) is 0 Å². The molecule has 10 heteroatoms. The number of rotatable bonds is 7. The summed E-state index contributed by atoms with van der Waals surface area (Å²) < 4.78 is 54.8. The number of oxime groups is 1. The number of nitrogens with zero attached hydrogens (tertiary/aromatic N) is 2. The number of hydrogen-bond acceptors (Lipinski definition) is 6. The summed E-state index contributed by atoms with van der Waals surface area (Å²) in [6, 6.07) is 10.3. The third kappa shape index (κ3) is 4.96. The van der Waals surface area contributed by atoms with Gasteiger partial charge in [0.2, 0.25) is 12.7 Å². The van der Waals surface area contributed by atoms with E-state index >= 15 is 0 Å². The van der Waals surface area contributed by atoms with Crippen LogP contribution in [0.15, 0.2) is 47.6 Å². The first-order valence-electron chi connectivity index (χ1n) is 9.89. The molecule has 1 atom stereocenters. The highest BCUT2D eigenvalue weighted by molar-refractivity contribution is 6.01. The third-order valence-corrected chi connectivity index (χ3v) is 5.11. The Morgan fingerprint density at radius 2 is 2.00 bits per heavy atom. The zero-order valence-corrected chi connectivity index (χ0v) is 17.2. The molecule has 32 heavy (non-hydrogen) atoms. The second-order valence-electron chi connectivity index (χ2n) is 7.44. The average Bonchev–Trinajstić information content (AvgIpc) is 3.42. The lowest BCUT2D eigenvalue weighted by molar-refractivity contribution is -0.137. The SMILES string of the molecule is COCC(=O)N(Cc1cccc(C(F)(F)F)c1)CC1CC(c2ccc3c(c2)OCO3)=NO1. The molecule has 2 aliphatic heterocycles. The number of carbonyl (C=O) groups excluding carboxylic acids is 1. The van der Waals surface area contributed by atoms with Crippen molar-refractivity contribution in [1.29, 1.82) is 0 Å². The van der Waals surface area contributed by atoms with Crippen molar-refractivity contribution >= 4 is 11.6 Å². The van der Waals surface area contributed by atoms with Crippen molar-refractivity contribution in [3.8, 4) is 11.5 Å². The molecule has 0 aliphatic carbocycles. The molecule has 0 saturated heterocycles. The predicted octanol–water partition coefficient (Wildman–Crippen LogP) is 3.60. The highest BCUT2D eigenvalue weighted by atomic mass is 19.4. The Bertz CT molecular complexity index is 1020. The molecule has 0 fully saturated rings. The number of fused-ring (bicyclic) bond motifs is 1. The summed E-state index contributed by atoms with van der Waals surface area (Å²) in [4.78, 5) is 19.5. The molecule has 0 bridgehead atoms. The van der Waals surface area contributed by atoms with Crippen LogP contribution in [0.5, 0.6) is 11.5 Å². The first-order valence-corrected chi connectivity index (χ1v) is 9.89. The molecule has 2 heterocycles. The summed E-state index contributed by atoms with van der Waals surface area (Å²) in [5, 5.41) is 4.13. The molecule has 0 N–H and O–H groups in total. The number of amides is 1. The summed E-state index contributed by atoms with van der Waals surface area (Å²) in [7, 11) is 1.38. The zero-order valence-electron chi connectivity index (χ0n) is 17.2. The van der Waals surface area contributed by atoms with Gasteiger partial charge in [-0.05, 0) is 35.9 Å². The Morgan fingerprint density at radius 3 is 2.78 bits per heavy atom. The summed E-state index contributed by atoms with van der Waals surface area (Å²) in [5.41, 5.74) is 1.09. The van der Waals surface area contributed by atoms with Gasteiger partial charge in [0.25, 0.3) is 0 Å². The van der Waals surface area contributed by atoms with Gasteiger partial charge in [0.05, 0.1) is 17.8 Å². The second kappa shape index (κ2) is 9.07. The van der Waals surface area contributed by atoms with Gasteiger partial charge in [-0.2, -0.15) is 13.2 Å². The van der Waals surface area contributed by atoms with E-state index in [4.69, 9.17) is 19.0 Å². The molecule has 0 radical (unpaired) electrons. The molecule has 1 amide bonds. The molecule has 4 rings (SSSR count). The topological polar surface area (TPSA) is 69.6 Å².